The second-order valence-electron chi connectivity index (χ2n) is 16.9. The molecule has 4 N–H and O–H groups in total. The van der Waals surface area contributed by atoms with Gasteiger partial charge in [-0.15, -0.1) is 4.74 Å². The molecule has 13 nitrogen and oxygen atoms in total. The van der Waals surface area contributed by atoms with Crippen molar-refractivity contribution in [1.82, 2.24) is 4.74 Å². The van der Waals surface area contributed by atoms with Gasteiger partial charge in [0.05, 0.1) is 33.9 Å². The van der Waals surface area contributed by atoms with Gasteiger partial charge in [0, 0.05) is 39.8 Å². The molecule has 4 rings (SSSR count). The number of halogens is 1. The van der Waals surface area contributed by atoms with E-state index in [9.17, 15) is 29.6 Å². The maximum atomic E-state index is 13.7. The molecule has 2 unspecified atom stereocenters. The third kappa shape index (κ3) is 11.2. The topological polar surface area (TPSA) is 186 Å². The fourth-order valence-corrected chi connectivity index (χ4v) is 7.30. The molecule has 15 heteroatoms. The van der Waals surface area contributed by atoms with E-state index in [-0.39, 0.29) is 49.9 Å². The molecule has 0 aliphatic rings. The number of aliphatic hydroxyl groups excluding tert-OH is 2. The number of nitrogens with zero attached hydrogens (tertiary/aromatic N) is 2. The number of rotatable bonds is 18. The zero-order valence-corrected chi connectivity index (χ0v) is 37.1. The number of nitro benzene ring substituents is 1. The highest BCUT2D eigenvalue weighted by atomic mass is 35.5. The van der Waals surface area contributed by atoms with Gasteiger partial charge in [0.25, 0.3) is 23.1 Å². The number of thioether (sulfide) groups is 1. The zero-order valence-electron chi connectivity index (χ0n) is 35.5. The number of hydrogen-bond acceptors (Lipinski definition) is 10. The van der Waals surface area contributed by atoms with E-state index >= 15 is 0 Å². The Morgan fingerprint density at radius 3 is 2.24 bits per heavy atom. The zero-order chi connectivity index (χ0) is 44.0. The Morgan fingerprint density at radius 1 is 0.966 bits per heavy atom. The lowest BCUT2D eigenvalue weighted by atomic mass is 9.76. The summed E-state index contributed by atoms with van der Waals surface area (Å²) in [6.07, 6.45) is 0.388. The van der Waals surface area contributed by atoms with Crippen LogP contribution in [0.1, 0.15) is 121 Å². The van der Waals surface area contributed by atoms with Crippen molar-refractivity contribution >= 4 is 52.2 Å². The molecule has 4 aromatic rings. The lowest BCUT2D eigenvalue weighted by Crippen LogP contribution is -2.33. The number of hydrogen-bond donors (Lipinski definition) is 4. The first-order chi connectivity index (χ1) is 27.6. The van der Waals surface area contributed by atoms with Crippen LogP contribution in [0.3, 0.4) is 0 Å². The van der Waals surface area contributed by atoms with Crippen LogP contribution in [-0.4, -0.2) is 56.3 Å². The van der Waals surface area contributed by atoms with E-state index in [0.717, 1.165) is 29.2 Å². The summed E-state index contributed by atoms with van der Waals surface area (Å²) in [4.78, 5) is 52.5. The van der Waals surface area contributed by atoms with Gasteiger partial charge in [-0.2, -0.15) is 11.8 Å². The Hall–Kier alpha value is -4.63. The standard InChI is InChI=1S/C44H57ClN4O9S/c1-11-36(57-37-19-15-27(43(7,8)12-2)21-31(37)44(9,10)13-3)40(53)46-28-16-17-32(45)33(22-28)47-39(52)26-14-18-34(35(20-26)49(55)56)48-41(54)30(25-59-24-29(51)23-50)38(58-48)42(4,5)6/h14-22,29,36,50-51H,11-13,23-25H2,1-10H3,(H,46,53)(H,47,52). The van der Waals surface area contributed by atoms with Crippen LogP contribution in [-0.2, 0) is 26.8 Å². The van der Waals surface area contributed by atoms with Crippen molar-refractivity contribution in [2.45, 2.75) is 123 Å². The van der Waals surface area contributed by atoms with Crippen molar-refractivity contribution in [2.24, 2.45) is 0 Å². The van der Waals surface area contributed by atoms with E-state index in [1.54, 1.807) is 6.07 Å². The Labute approximate surface area is 355 Å². The first kappa shape index (κ1) is 47.1. The number of carbonyl (C=O) groups excluding carboxylic acids is 2. The van der Waals surface area contributed by atoms with Gasteiger partial charge in [-0.3, -0.25) is 24.5 Å². The SMILES string of the molecule is CCC(Oc1ccc(C(C)(C)CC)cc1C(C)(C)CC)C(=O)Nc1ccc(Cl)c(NC(=O)c2ccc(-n3oc(C(C)(C)C)c(CSCC(O)CO)c3=O)c([N+](=O)[O-])c2)c1. The largest absolute Gasteiger partial charge is 0.480 e. The van der Waals surface area contributed by atoms with Gasteiger partial charge >= 0.3 is 0 Å². The van der Waals surface area contributed by atoms with Crippen molar-refractivity contribution in [2.75, 3.05) is 23.0 Å². The van der Waals surface area contributed by atoms with Gasteiger partial charge in [0.15, 0.2) is 11.8 Å². The molecule has 1 heterocycles. The minimum Gasteiger partial charge on any atom is -0.480 e. The summed E-state index contributed by atoms with van der Waals surface area (Å²) < 4.78 is 13.2. The van der Waals surface area contributed by atoms with Crippen molar-refractivity contribution in [3.05, 3.63) is 108 Å². The third-order valence-electron chi connectivity index (χ3n) is 10.7. The minimum atomic E-state index is -0.977. The van der Waals surface area contributed by atoms with Gasteiger partial charge in [-0.25, -0.2) is 0 Å². The number of aliphatic hydroxyl groups is 2. The first-order valence-electron chi connectivity index (χ1n) is 19.7. The van der Waals surface area contributed by atoms with Crippen LogP contribution in [0, 0.1) is 10.1 Å². The van der Waals surface area contributed by atoms with E-state index in [4.69, 9.17) is 26.0 Å². The molecule has 320 valence electrons. The van der Waals surface area contributed by atoms with Crippen LogP contribution >= 0.6 is 23.4 Å². The molecule has 3 aromatic carbocycles. The summed E-state index contributed by atoms with van der Waals surface area (Å²) in [5, 5.41) is 37.0. The second-order valence-corrected chi connectivity index (χ2v) is 18.3. The number of aromatic nitrogens is 1. The molecule has 0 spiro atoms. The lowest BCUT2D eigenvalue weighted by Gasteiger charge is -2.31. The van der Waals surface area contributed by atoms with Gasteiger partial charge < -0.3 is 30.1 Å². The third-order valence-corrected chi connectivity index (χ3v) is 12.1. The highest BCUT2D eigenvalue weighted by molar-refractivity contribution is 7.98. The van der Waals surface area contributed by atoms with E-state index in [2.05, 4.69) is 64.3 Å². The molecular weight excluding hydrogens is 796 g/mol. The minimum absolute atomic E-state index is 0.0335. The predicted octanol–water partition coefficient (Wildman–Crippen LogP) is 9.30. The molecule has 0 radical (unpaired) electrons. The van der Waals surface area contributed by atoms with E-state index in [0.29, 0.717) is 23.6 Å². The highest BCUT2D eigenvalue weighted by Gasteiger charge is 2.32. The molecule has 0 bridgehead atoms. The Balaban J connectivity index is 1.58. The van der Waals surface area contributed by atoms with Crippen molar-refractivity contribution < 1.29 is 34.0 Å². The second kappa shape index (κ2) is 19.2. The van der Waals surface area contributed by atoms with Crippen LogP contribution < -0.4 is 20.9 Å². The molecule has 0 saturated carbocycles. The molecule has 2 amide bonds. The van der Waals surface area contributed by atoms with Crippen molar-refractivity contribution in [3.8, 4) is 11.4 Å². The van der Waals surface area contributed by atoms with Gasteiger partial charge in [0.2, 0.25) is 0 Å². The maximum absolute atomic E-state index is 13.7. The van der Waals surface area contributed by atoms with E-state index in [1.807, 2.05) is 33.8 Å². The number of nitro groups is 1. The van der Waals surface area contributed by atoms with E-state index in [1.165, 1.54) is 41.6 Å². The molecule has 59 heavy (non-hydrogen) atoms. The summed E-state index contributed by atoms with van der Waals surface area (Å²) in [5.74, 6) is 0.0977. The van der Waals surface area contributed by atoms with Gasteiger partial charge in [-0.1, -0.05) is 93.0 Å². The van der Waals surface area contributed by atoms with Crippen LogP contribution in [0.5, 0.6) is 5.75 Å². The molecule has 0 saturated heterocycles. The summed E-state index contributed by atoms with van der Waals surface area (Å²) in [6.45, 7) is 19.9. The summed E-state index contributed by atoms with van der Waals surface area (Å²) in [5.41, 5.74) is 0.583. The predicted molar refractivity (Wildman–Crippen MR) is 235 cm³/mol. The average molecular weight is 853 g/mol. The average Bonchev–Trinajstić information content (AvgIpc) is 3.53. The fourth-order valence-electron chi connectivity index (χ4n) is 6.18. The van der Waals surface area contributed by atoms with Crippen molar-refractivity contribution in [1.29, 1.82) is 0 Å². The summed E-state index contributed by atoms with van der Waals surface area (Å²) in [6, 6.07) is 14.4. The molecule has 1 aromatic heterocycles. The molecule has 0 aliphatic heterocycles. The Morgan fingerprint density at radius 2 is 1.64 bits per heavy atom. The number of anilines is 2. The molecule has 0 aliphatic carbocycles. The van der Waals surface area contributed by atoms with Crippen LogP contribution in [0.15, 0.2) is 63.9 Å². The Kier molecular flexibility index (Phi) is 15.3. The maximum Gasteiger partial charge on any atom is 0.297 e. The number of carbonyl (C=O) groups is 2. The first-order valence-corrected chi connectivity index (χ1v) is 21.3. The van der Waals surface area contributed by atoms with Crippen LogP contribution in [0.2, 0.25) is 5.02 Å². The summed E-state index contributed by atoms with van der Waals surface area (Å²) >= 11 is 7.68. The smallest absolute Gasteiger partial charge is 0.297 e. The van der Waals surface area contributed by atoms with Gasteiger partial charge in [0.1, 0.15) is 11.5 Å². The number of amides is 2. The lowest BCUT2D eigenvalue weighted by molar-refractivity contribution is -0.384. The number of benzene rings is 3. The molecule has 0 fully saturated rings. The number of nitrogens with one attached hydrogen (secondary N) is 2. The fraction of sp³-hybridized carbons (Fsp3) is 0.477. The normalized spacial score (nSPS) is 13.2. The molecular formula is C44H57ClN4O9S. The van der Waals surface area contributed by atoms with Crippen LogP contribution in [0.4, 0.5) is 17.1 Å². The quantitative estimate of drug-likeness (QED) is 0.0555. The monoisotopic (exact) mass is 852 g/mol. The Bertz CT molecular complexity index is 2220. The van der Waals surface area contributed by atoms with Crippen LogP contribution in [0.25, 0.3) is 5.69 Å². The molecule has 2 atom stereocenters. The number of ether oxygens (including phenoxy) is 1. The highest BCUT2D eigenvalue weighted by Crippen LogP contribution is 2.39. The van der Waals surface area contributed by atoms with Crippen molar-refractivity contribution in [3.63, 3.8) is 0 Å². The van der Waals surface area contributed by atoms with Gasteiger partial charge in [-0.05, 0) is 72.1 Å². The van der Waals surface area contributed by atoms with E-state index < -0.39 is 52.2 Å². The summed E-state index contributed by atoms with van der Waals surface area (Å²) in [7, 11) is 0.